The van der Waals surface area contributed by atoms with E-state index in [0.29, 0.717) is 29.8 Å². The van der Waals surface area contributed by atoms with Crippen molar-refractivity contribution < 1.29 is 38.1 Å². The van der Waals surface area contributed by atoms with Gasteiger partial charge in [0.25, 0.3) is 5.91 Å². The van der Waals surface area contributed by atoms with Crippen molar-refractivity contribution >= 4 is 23.9 Å². The molecule has 204 valence electrons. The molecule has 1 amide bonds. The Labute approximate surface area is 223 Å². The van der Waals surface area contributed by atoms with Gasteiger partial charge >= 0.3 is 5.97 Å². The summed E-state index contributed by atoms with van der Waals surface area (Å²) in [4.78, 5) is 36.4. The third-order valence-electron chi connectivity index (χ3n) is 6.79. The van der Waals surface area contributed by atoms with Crippen molar-refractivity contribution in [1.82, 2.24) is 5.32 Å². The van der Waals surface area contributed by atoms with Crippen LogP contribution in [0.2, 0.25) is 0 Å². The average molecular weight is 539 g/mol. The first-order valence-electron chi connectivity index (χ1n) is 12.4. The molecule has 4 rings (SSSR count). The molecule has 0 spiro atoms. The van der Waals surface area contributed by atoms with Crippen LogP contribution < -0.4 is 15.0 Å². The van der Waals surface area contributed by atoms with E-state index in [1.54, 1.807) is 36.4 Å². The van der Waals surface area contributed by atoms with Crippen molar-refractivity contribution in [1.29, 1.82) is 0 Å². The highest BCUT2D eigenvalue weighted by atomic mass is 19.1. The van der Waals surface area contributed by atoms with Crippen LogP contribution in [0.5, 0.6) is 5.75 Å². The van der Waals surface area contributed by atoms with Crippen LogP contribution >= 0.6 is 0 Å². The van der Waals surface area contributed by atoms with Gasteiger partial charge in [0.15, 0.2) is 6.61 Å². The number of nitrogens with one attached hydrogen (secondary N) is 1. The first-order valence-corrected chi connectivity index (χ1v) is 12.4. The number of aliphatic hydroxyl groups excluding tert-OH is 1. The predicted octanol–water partition coefficient (Wildman–Crippen LogP) is 3.80. The number of amides is 1. The normalized spacial score (nSPS) is 19.1. The number of benzene rings is 3. The summed E-state index contributed by atoms with van der Waals surface area (Å²) in [7, 11) is 0. The fraction of sp³-hybridized carbons (Fsp3) is 0.276. The number of aliphatic hydroxyl groups is 1. The zero-order valence-corrected chi connectivity index (χ0v) is 20.9. The van der Waals surface area contributed by atoms with Gasteiger partial charge in [-0.15, -0.1) is 0 Å². The summed E-state index contributed by atoms with van der Waals surface area (Å²) in [5.41, 5.74) is 2.10. The number of carbonyl (C=O) groups is 3. The van der Waals surface area contributed by atoms with Crippen molar-refractivity contribution in [2.24, 2.45) is 5.92 Å². The van der Waals surface area contributed by atoms with E-state index in [4.69, 9.17) is 9.84 Å². The van der Waals surface area contributed by atoms with Gasteiger partial charge in [-0.2, -0.15) is 0 Å². The summed E-state index contributed by atoms with van der Waals surface area (Å²) < 4.78 is 32.3. The van der Waals surface area contributed by atoms with Gasteiger partial charge in [0.2, 0.25) is 0 Å². The molecule has 3 aromatic rings. The van der Waals surface area contributed by atoms with Crippen molar-refractivity contribution in [3.63, 3.8) is 0 Å². The number of anilines is 1. The number of hydrogen-bond acceptors (Lipinski definition) is 6. The molecule has 8 nitrogen and oxygen atoms in total. The molecule has 1 saturated heterocycles. The van der Waals surface area contributed by atoms with Crippen LogP contribution in [0.3, 0.4) is 0 Å². The van der Waals surface area contributed by atoms with E-state index in [0.717, 1.165) is 11.8 Å². The molecular weight excluding hydrogens is 510 g/mol. The second-order valence-corrected chi connectivity index (χ2v) is 9.29. The van der Waals surface area contributed by atoms with Crippen LogP contribution in [0, 0.1) is 17.6 Å². The van der Waals surface area contributed by atoms with Crippen molar-refractivity contribution in [3.8, 4) is 5.75 Å². The molecule has 39 heavy (non-hydrogen) atoms. The molecule has 1 fully saturated rings. The topological polar surface area (TPSA) is 116 Å². The lowest BCUT2D eigenvalue weighted by molar-refractivity contribution is -0.138. The van der Waals surface area contributed by atoms with Crippen LogP contribution in [0.1, 0.15) is 36.1 Å². The molecule has 0 radical (unpaired) electrons. The highest BCUT2D eigenvalue weighted by Gasteiger charge is 2.48. The maximum atomic E-state index is 13.6. The van der Waals surface area contributed by atoms with Gasteiger partial charge in [-0.25, -0.2) is 8.78 Å². The number of ether oxygens (including phenoxy) is 1. The summed E-state index contributed by atoms with van der Waals surface area (Å²) in [6.45, 7) is -0.855. The van der Waals surface area contributed by atoms with E-state index in [-0.39, 0.29) is 18.6 Å². The Hall–Kier alpha value is -4.31. The predicted molar refractivity (Wildman–Crippen MR) is 138 cm³/mol. The van der Waals surface area contributed by atoms with E-state index >= 15 is 0 Å². The molecule has 4 unspecified atom stereocenters. The van der Waals surface area contributed by atoms with E-state index in [2.05, 4.69) is 5.32 Å². The van der Waals surface area contributed by atoms with E-state index in [9.17, 15) is 28.3 Å². The molecule has 1 heterocycles. The minimum atomic E-state index is -1.16. The minimum absolute atomic E-state index is 0.170. The lowest BCUT2D eigenvalue weighted by Crippen LogP contribution is -2.59. The SMILES string of the molecule is O=CC1C(CCC(O)c2ccc(F)cc2)C(c2ccc(OCC(=O)NCC(=O)O)cc2)N1c1ccc(F)cc1. The second kappa shape index (κ2) is 12.5. The molecule has 1 aliphatic heterocycles. The molecule has 3 N–H and O–H groups in total. The zero-order chi connectivity index (χ0) is 27.9. The molecule has 10 heteroatoms. The molecule has 0 saturated carbocycles. The Morgan fingerprint density at radius 2 is 1.59 bits per heavy atom. The number of nitrogens with zero attached hydrogens (tertiary/aromatic N) is 1. The maximum absolute atomic E-state index is 13.6. The number of halogens is 2. The smallest absolute Gasteiger partial charge is 0.322 e. The van der Waals surface area contributed by atoms with Crippen LogP contribution in [0.25, 0.3) is 0 Å². The number of aliphatic carboxylic acids is 1. The van der Waals surface area contributed by atoms with Crippen LogP contribution in [0.15, 0.2) is 72.8 Å². The number of carbonyl (C=O) groups excluding carboxylic acids is 2. The third kappa shape index (κ3) is 6.77. The first kappa shape index (κ1) is 27.7. The van der Waals surface area contributed by atoms with Crippen molar-refractivity contribution in [2.45, 2.75) is 31.0 Å². The van der Waals surface area contributed by atoms with Crippen LogP contribution in [0.4, 0.5) is 14.5 Å². The van der Waals surface area contributed by atoms with Gasteiger partial charge in [0.1, 0.15) is 30.2 Å². The van der Waals surface area contributed by atoms with Gasteiger partial charge in [0.05, 0.1) is 18.2 Å². The number of carboxylic acids is 1. The second-order valence-electron chi connectivity index (χ2n) is 9.29. The zero-order valence-electron chi connectivity index (χ0n) is 20.9. The Kier molecular flexibility index (Phi) is 8.88. The summed E-state index contributed by atoms with van der Waals surface area (Å²) in [6.07, 6.45) is 0.858. The third-order valence-corrected chi connectivity index (χ3v) is 6.79. The standard InChI is InChI=1S/C29H28F2N2O6/c30-20-5-1-18(2-6-20)26(35)14-13-24-25(16-34)33(22-9-7-21(31)8-10-22)29(24)19-3-11-23(12-4-19)39-17-27(36)32-15-28(37)38/h1-12,16,24-26,29,35H,13-15,17H2,(H,32,36)(H,37,38). The Morgan fingerprint density at radius 1 is 0.974 bits per heavy atom. The minimum Gasteiger partial charge on any atom is -0.484 e. The van der Waals surface area contributed by atoms with E-state index < -0.39 is 42.2 Å². The number of rotatable bonds is 12. The highest BCUT2D eigenvalue weighted by molar-refractivity contribution is 5.82. The number of hydrogen-bond donors (Lipinski definition) is 3. The van der Waals surface area contributed by atoms with Crippen molar-refractivity contribution in [2.75, 3.05) is 18.1 Å². The van der Waals surface area contributed by atoms with E-state index in [1.165, 1.54) is 36.4 Å². The fourth-order valence-corrected chi connectivity index (χ4v) is 4.87. The Balaban J connectivity index is 1.50. The number of aldehydes is 1. The van der Waals surface area contributed by atoms with Gasteiger partial charge in [-0.3, -0.25) is 9.59 Å². The monoisotopic (exact) mass is 538 g/mol. The number of carboxylic acid groups (broad SMARTS) is 1. The molecule has 1 aliphatic rings. The molecule has 0 aromatic heterocycles. The molecule has 4 atom stereocenters. The molecule has 3 aromatic carbocycles. The van der Waals surface area contributed by atoms with Crippen molar-refractivity contribution in [3.05, 3.63) is 95.6 Å². The lowest BCUT2D eigenvalue weighted by atomic mass is 9.73. The van der Waals surface area contributed by atoms with E-state index in [1.807, 2.05) is 4.90 Å². The summed E-state index contributed by atoms with van der Waals surface area (Å²) >= 11 is 0. The molecule has 0 bridgehead atoms. The molecular formula is C29H28F2N2O6. The quantitative estimate of drug-likeness (QED) is 0.301. The highest BCUT2D eigenvalue weighted by Crippen LogP contribution is 2.49. The fourth-order valence-electron chi connectivity index (χ4n) is 4.87. The largest absolute Gasteiger partial charge is 0.484 e. The van der Waals surface area contributed by atoms with Gasteiger partial charge < -0.3 is 30.0 Å². The summed E-state index contributed by atoms with van der Waals surface area (Å²) in [5.74, 6) is -2.30. The van der Waals surface area contributed by atoms with Crippen LogP contribution in [-0.4, -0.2) is 47.6 Å². The van der Waals surface area contributed by atoms with Gasteiger partial charge in [0, 0.05) is 11.6 Å². The Morgan fingerprint density at radius 3 is 2.18 bits per heavy atom. The van der Waals surface area contributed by atoms with Crippen LogP contribution in [-0.2, 0) is 14.4 Å². The lowest BCUT2D eigenvalue weighted by Gasteiger charge is -2.55. The Bertz CT molecular complexity index is 1280. The first-order chi connectivity index (χ1) is 18.8. The summed E-state index contributed by atoms with van der Waals surface area (Å²) in [6, 6.07) is 17.7. The average Bonchev–Trinajstić information content (AvgIpc) is 2.92. The maximum Gasteiger partial charge on any atom is 0.322 e. The summed E-state index contributed by atoms with van der Waals surface area (Å²) in [5, 5.41) is 21.5. The van der Waals surface area contributed by atoms with Gasteiger partial charge in [-0.1, -0.05) is 24.3 Å². The molecule has 0 aliphatic carbocycles. The van der Waals surface area contributed by atoms with Gasteiger partial charge in [-0.05, 0) is 72.5 Å².